The molecule has 1 rings (SSSR count). The van der Waals surface area contributed by atoms with E-state index in [1.54, 1.807) is 19.6 Å². The van der Waals surface area contributed by atoms with Crippen LogP contribution in [0.4, 0.5) is 5.82 Å². The molecule has 1 N–H and O–H groups in total. The molecule has 1 aromatic heterocycles. The van der Waals surface area contributed by atoms with E-state index in [9.17, 15) is 0 Å². The van der Waals surface area contributed by atoms with E-state index in [2.05, 4.69) is 26.7 Å². The lowest BCUT2D eigenvalue weighted by Gasteiger charge is -1.84. The molecule has 4 heteroatoms. The van der Waals surface area contributed by atoms with E-state index in [0.717, 1.165) is 5.69 Å². The van der Waals surface area contributed by atoms with Crippen LogP contribution in [0.25, 0.3) is 0 Å². The van der Waals surface area contributed by atoms with Crippen LogP contribution in [-0.2, 0) is 0 Å². The average Bonchev–Trinajstić information content (AvgIpc) is 2.36. The second-order valence-corrected chi connectivity index (χ2v) is 1.69. The van der Waals surface area contributed by atoms with Gasteiger partial charge in [-0.1, -0.05) is 0 Å². The van der Waals surface area contributed by atoms with Crippen molar-refractivity contribution < 1.29 is 0 Å². The first-order chi connectivity index (χ1) is 4.88. The van der Waals surface area contributed by atoms with E-state index in [-0.39, 0.29) is 0 Å². The van der Waals surface area contributed by atoms with Crippen LogP contribution in [0.1, 0.15) is 5.69 Å². The molecule has 0 spiro atoms. The second-order valence-electron chi connectivity index (χ2n) is 1.69. The first-order valence-corrected chi connectivity index (χ1v) is 2.80. The van der Waals surface area contributed by atoms with E-state index < -0.39 is 0 Å². The minimum atomic E-state index is 0.589. The molecule has 0 aliphatic rings. The van der Waals surface area contributed by atoms with Crippen LogP contribution in [-0.4, -0.2) is 29.9 Å². The van der Waals surface area contributed by atoms with Crippen LogP contribution in [0, 0.1) is 0 Å². The highest BCUT2D eigenvalue weighted by Gasteiger charge is 1.96. The predicted octanol–water partition coefficient (Wildman–Crippen LogP) is 0.790. The van der Waals surface area contributed by atoms with Gasteiger partial charge in [0, 0.05) is 13.3 Å². The van der Waals surface area contributed by atoms with Crippen molar-refractivity contribution in [1.82, 2.24) is 9.97 Å². The Balaban J connectivity index is 3.00. The highest BCUT2D eigenvalue weighted by molar-refractivity contribution is 5.82. The van der Waals surface area contributed by atoms with Crippen molar-refractivity contribution in [3.63, 3.8) is 0 Å². The van der Waals surface area contributed by atoms with Crippen LogP contribution >= 0.6 is 0 Å². The average molecular weight is 136 g/mol. The zero-order chi connectivity index (χ0) is 7.40. The van der Waals surface area contributed by atoms with E-state index in [4.69, 9.17) is 0 Å². The summed E-state index contributed by atoms with van der Waals surface area (Å²) in [5.41, 5.74) is 0.789. The lowest BCUT2D eigenvalue weighted by atomic mass is 10.5. The Bertz CT molecular complexity index is 248. The lowest BCUT2D eigenvalue weighted by molar-refractivity contribution is 1.30. The summed E-state index contributed by atoms with van der Waals surface area (Å²) >= 11 is 0. The quantitative estimate of drug-likeness (QED) is 0.600. The zero-order valence-electron chi connectivity index (χ0n) is 5.70. The van der Waals surface area contributed by atoms with Crippen molar-refractivity contribution >= 4 is 18.7 Å². The molecule has 0 aliphatic carbocycles. The number of rotatable bonds is 2. The lowest BCUT2D eigenvalue weighted by Crippen LogP contribution is -1.79. The summed E-state index contributed by atoms with van der Waals surface area (Å²) in [6, 6.07) is 0. The minimum Gasteiger partial charge on any atom is -0.342 e. The molecule has 1 aromatic rings. The van der Waals surface area contributed by atoms with Gasteiger partial charge in [-0.2, -0.15) is 0 Å². The summed E-state index contributed by atoms with van der Waals surface area (Å²) in [6.07, 6.45) is 3.21. The third-order valence-corrected chi connectivity index (χ3v) is 1.06. The number of hydrogen-bond acceptors (Lipinski definition) is 3. The number of nitrogens with zero attached hydrogens (tertiary/aromatic N) is 3. The Kier molecular flexibility index (Phi) is 1.94. The smallest absolute Gasteiger partial charge is 0.178 e. The minimum absolute atomic E-state index is 0.589. The number of hydrogen-bond donors (Lipinski definition) is 1. The highest BCUT2D eigenvalue weighted by Crippen LogP contribution is 2.08. The molecule has 0 atom stereocenters. The SMILES string of the molecule is C=Nc1nc[nH]c1/C=N\C. The summed E-state index contributed by atoms with van der Waals surface area (Å²) < 4.78 is 0. The standard InChI is InChI=1S/C6H8N4/c1-7-3-5-6(8-2)10-4-9-5/h3-4H,2H2,1H3,(H,9,10)/b7-3-. The molecule has 0 radical (unpaired) electrons. The first kappa shape index (κ1) is 6.67. The highest BCUT2D eigenvalue weighted by atomic mass is 15.0. The van der Waals surface area contributed by atoms with Crippen molar-refractivity contribution in [2.24, 2.45) is 9.98 Å². The normalized spacial score (nSPS) is 10.5. The summed E-state index contributed by atoms with van der Waals surface area (Å²) in [6.45, 7) is 3.35. The molecule has 52 valence electrons. The fraction of sp³-hybridized carbons (Fsp3) is 0.167. The number of aromatic amines is 1. The summed E-state index contributed by atoms with van der Waals surface area (Å²) in [7, 11) is 1.69. The maximum absolute atomic E-state index is 3.88. The van der Waals surface area contributed by atoms with Gasteiger partial charge in [0.15, 0.2) is 5.82 Å². The van der Waals surface area contributed by atoms with Crippen LogP contribution in [0.2, 0.25) is 0 Å². The molecular formula is C6H8N4. The van der Waals surface area contributed by atoms with Gasteiger partial charge in [-0.15, -0.1) is 0 Å². The molecule has 1 heterocycles. The molecule has 10 heavy (non-hydrogen) atoms. The Morgan fingerprint density at radius 3 is 3.20 bits per heavy atom. The number of imidazole rings is 1. The maximum atomic E-state index is 3.88. The van der Waals surface area contributed by atoms with Gasteiger partial charge in [0.1, 0.15) is 5.69 Å². The monoisotopic (exact) mass is 136 g/mol. The maximum Gasteiger partial charge on any atom is 0.178 e. The van der Waals surface area contributed by atoms with Gasteiger partial charge in [-0.05, 0) is 6.72 Å². The predicted molar refractivity (Wildman–Crippen MR) is 41.3 cm³/mol. The van der Waals surface area contributed by atoms with Gasteiger partial charge in [-0.3, -0.25) is 4.99 Å². The number of aromatic nitrogens is 2. The number of nitrogens with one attached hydrogen (secondary N) is 1. The Morgan fingerprint density at radius 1 is 1.80 bits per heavy atom. The van der Waals surface area contributed by atoms with E-state index in [1.165, 1.54) is 0 Å². The van der Waals surface area contributed by atoms with Gasteiger partial charge in [0.25, 0.3) is 0 Å². The van der Waals surface area contributed by atoms with Crippen molar-refractivity contribution in [2.75, 3.05) is 7.05 Å². The van der Waals surface area contributed by atoms with Crippen molar-refractivity contribution in [3.8, 4) is 0 Å². The van der Waals surface area contributed by atoms with Gasteiger partial charge in [0.05, 0.1) is 6.33 Å². The summed E-state index contributed by atoms with van der Waals surface area (Å²) in [5.74, 6) is 0.589. The van der Waals surface area contributed by atoms with Gasteiger partial charge in [0.2, 0.25) is 0 Å². The van der Waals surface area contributed by atoms with Gasteiger partial charge >= 0.3 is 0 Å². The third-order valence-electron chi connectivity index (χ3n) is 1.06. The van der Waals surface area contributed by atoms with E-state index >= 15 is 0 Å². The Hall–Kier alpha value is -1.45. The first-order valence-electron chi connectivity index (χ1n) is 2.80. The number of aliphatic imine (C=N–C) groups is 2. The molecule has 0 fully saturated rings. The molecule has 0 unspecified atom stereocenters. The van der Waals surface area contributed by atoms with Crippen molar-refractivity contribution in [3.05, 3.63) is 12.0 Å². The fourth-order valence-corrected chi connectivity index (χ4v) is 0.647. The molecule has 0 bridgehead atoms. The third kappa shape index (κ3) is 1.10. The van der Waals surface area contributed by atoms with Crippen LogP contribution in [0.5, 0.6) is 0 Å². The second kappa shape index (κ2) is 2.91. The summed E-state index contributed by atoms with van der Waals surface area (Å²) in [4.78, 5) is 14.2. The van der Waals surface area contributed by atoms with Crippen LogP contribution in [0.15, 0.2) is 16.3 Å². The zero-order valence-corrected chi connectivity index (χ0v) is 5.70. The Labute approximate surface area is 58.7 Å². The van der Waals surface area contributed by atoms with Crippen LogP contribution < -0.4 is 0 Å². The van der Waals surface area contributed by atoms with E-state index in [0.29, 0.717) is 5.82 Å². The van der Waals surface area contributed by atoms with E-state index in [1.807, 2.05) is 0 Å². The summed E-state index contributed by atoms with van der Waals surface area (Å²) in [5, 5.41) is 0. The Morgan fingerprint density at radius 2 is 2.60 bits per heavy atom. The number of H-pyrrole nitrogens is 1. The molecule has 0 aliphatic heterocycles. The van der Waals surface area contributed by atoms with Gasteiger partial charge in [-0.25, -0.2) is 9.98 Å². The molecule has 0 amide bonds. The molecule has 0 saturated carbocycles. The molecule has 0 aromatic carbocycles. The topological polar surface area (TPSA) is 53.4 Å². The fourth-order valence-electron chi connectivity index (χ4n) is 0.647. The molecular weight excluding hydrogens is 128 g/mol. The van der Waals surface area contributed by atoms with Gasteiger partial charge < -0.3 is 4.98 Å². The molecule has 0 saturated heterocycles. The molecule has 4 nitrogen and oxygen atoms in total. The van der Waals surface area contributed by atoms with Crippen molar-refractivity contribution in [1.29, 1.82) is 0 Å². The van der Waals surface area contributed by atoms with Crippen molar-refractivity contribution in [2.45, 2.75) is 0 Å². The van der Waals surface area contributed by atoms with Crippen LogP contribution in [0.3, 0.4) is 0 Å². The largest absolute Gasteiger partial charge is 0.342 e.